The number of hydroxylamine groups is 4. The highest BCUT2D eigenvalue weighted by Crippen LogP contribution is 2.39. The lowest BCUT2D eigenvalue weighted by molar-refractivity contribution is -0.223. The maximum Gasteiger partial charge on any atom is 0.306 e. The Balaban J connectivity index is 1.39. The van der Waals surface area contributed by atoms with Crippen molar-refractivity contribution in [3.05, 3.63) is 30.3 Å². The maximum atomic E-state index is 12.7. The number of rotatable bonds is 10. The van der Waals surface area contributed by atoms with Crippen LogP contribution in [0.3, 0.4) is 0 Å². The third kappa shape index (κ3) is 9.42. The molecule has 0 saturated carbocycles. The van der Waals surface area contributed by atoms with Gasteiger partial charge in [0.1, 0.15) is 18.0 Å². The Morgan fingerprint density at radius 1 is 0.732 bits per heavy atom. The summed E-state index contributed by atoms with van der Waals surface area (Å²) in [4.78, 5) is 31.6. The Labute approximate surface area is 247 Å². The lowest BCUT2D eigenvalue weighted by Crippen LogP contribution is -2.56. The molecule has 41 heavy (non-hydrogen) atoms. The zero-order valence-corrected chi connectivity index (χ0v) is 26.7. The molecule has 2 atom stereocenters. The molecule has 8 heteroatoms. The molecule has 2 unspecified atom stereocenters. The first kappa shape index (κ1) is 33.3. The lowest BCUT2D eigenvalue weighted by atomic mass is 9.95. The van der Waals surface area contributed by atoms with Gasteiger partial charge in [-0.05, 0) is 106 Å². The van der Waals surface area contributed by atoms with Gasteiger partial charge in [-0.15, -0.1) is 5.06 Å². The van der Waals surface area contributed by atoms with Crippen molar-refractivity contribution in [2.45, 2.75) is 160 Å². The van der Waals surface area contributed by atoms with Crippen LogP contribution in [0.5, 0.6) is 5.75 Å². The Morgan fingerprint density at radius 3 is 1.76 bits per heavy atom. The van der Waals surface area contributed by atoms with Crippen molar-refractivity contribution in [2.24, 2.45) is 0 Å². The van der Waals surface area contributed by atoms with Crippen molar-refractivity contribution in [1.82, 2.24) is 10.1 Å². The fraction of sp³-hybridized carbons (Fsp3) is 0.758. The number of hydrogen-bond acceptors (Lipinski definition) is 8. The number of benzene rings is 1. The van der Waals surface area contributed by atoms with Crippen LogP contribution in [0.15, 0.2) is 30.3 Å². The molecule has 8 nitrogen and oxygen atoms in total. The molecule has 2 aliphatic rings. The zero-order valence-electron chi connectivity index (χ0n) is 26.7. The third-order valence-electron chi connectivity index (χ3n) is 8.65. The first-order valence-corrected chi connectivity index (χ1v) is 15.4. The van der Waals surface area contributed by atoms with Crippen molar-refractivity contribution < 1.29 is 29.1 Å². The van der Waals surface area contributed by atoms with Gasteiger partial charge < -0.3 is 19.5 Å². The van der Waals surface area contributed by atoms with E-state index in [9.17, 15) is 14.8 Å². The second-order valence-corrected chi connectivity index (χ2v) is 14.5. The van der Waals surface area contributed by atoms with Crippen molar-refractivity contribution >= 4 is 11.9 Å². The highest BCUT2D eigenvalue weighted by molar-refractivity contribution is 5.70. The highest BCUT2D eigenvalue weighted by atomic mass is 16.7. The van der Waals surface area contributed by atoms with E-state index in [0.717, 1.165) is 37.9 Å². The van der Waals surface area contributed by atoms with Gasteiger partial charge >= 0.3 is 11.9 Å². The van der Waals surface area contributed by atoms with E-state index in [1.54, 1.807) is 0 Å². The van der Waals surface area contributed by atoms with Crippen LogP contribution in [0, 0.1) is 0 Å². The molecule has 0 spiro atoms. The van der Waals surface area contributed by atoms with Gasteiger partial charge in [-0.1, -0.05) is 24.6 Å². The van der Waals surface area contributed by atoms with E-state index in [1.165, 1.54) is 5.06 Å². The molecule has 0 amide bonds. The molecule has 0 aliphatic carbocycles. The van der Waals surface area contributed by atoms with Crippen molar-refractivity contribution in [3.8, 4) is 5.75 Å². The average Bonchev–Trinajstić information content (AvgIpc) is 3.01. The van der Waals surface area contributed by atoms with Crippen LogP contribution < -0.4 is 4.84 Å². The first-order chi connectivity index (χ1) is 19.0. The molecular weight excluding hydrogens is 520 g/mol. The number of carbonyl (C=O) groups is 2. The summed E-state index contributed by atoms with van der Waals surface area (Å²) in [6.45, 7) is 16.6. The molecule has 232 valence electrons. The summed E-state index contributed by atoms with van der Waals surface area (Å²) in [5.74, 6) is 0.412. The summed E-state index contributed by atoms with van der Waals surface area (Å²) in [5.41, 5.74) is -1.40. The van der Waals surface area contributed by atoms with Crippen LogP contribution in [0.1, 0.15) is 126 Å². The fourth-order valence-electron chi connectivity index (χ4n) is 6.60. The molecule has 2 aliphatic heterocycles. The molecule has 1 aromatic carbocycles. The fourth-order valence-corrected chi connectivity index (χ4v) is 6.60. The molecule has 0 aromatic heterocycles. The molecule has 2 saturated heterocycles. The minimum absolute atomic E-state index is 0.167. The number of hydrogen-bond donors (Lipinski definition) is 1. The summed E-state index contributed by atoms with van der Waals surface area (Å²) in [6, 6.07) is 9.80. The summed E-state index contributed by atoms with van der Waals surface area (Å²) < 4.78 is 11.7. The standard InChI is InChI=1S/C33H54N2O6/c1-30(2)21-19-26(23-32(5,6)34(30)38)39-28(36)17-13-10-14-18-29(37)40-27-20-22-31(3,4)35(33(7,8)24-27)41-25-15-11-9-12-16-25/h9,11-12,15-16,26-27,38H,10,13-14,17-24H2,1-8H3. The second-order valence-electron chi connectivity index (χ2n) is 14.5. The summed E-state index contributed by atoms with van der Waals surface area (Å²) in [6.07, 6.45) is 6.82. The molecule has 1 N–H and O–H groups in total. The predicted molar refractivity (Wildman–Crippen MR) is 159 cm³/mol. The average molecular weight is 575 g/mol. The number of ether oxygens (including phenoxy) is 2. The van der Waals surface area contributed by atoms with Gasteiger partial charge in [0, 0.05) is 36.8 Å². The van der Waals surface area contributed by atoms with Crippen molar-refractivity contribution in [1.29, 1.82) is 0 Å². The molecular formula is C33H54N2O6. The minimum atomic E-state index is -0.471. The van der Waals surface area contributed by atoms with E-state index in [1.807, 2.05) is 58.0 Å². The van der Waals surface area contributed by atoms with Gasteiger partial charge in [-0.25, -0.2) is 0 Å². The molecule has 2 fully saturated rings. The third-order valence-corrected chi connectivity index (χ3v) is 8.65. The Kier molecular flexibility index (Phi) is 10.9. The number of unbranched alkanes of at least 4 members (excludes halogenated alkanes) is 2. The quantitative estimate of drug-likeness (QED) is 0.231. The molecule has 0 radical (unpaired) electrons. The van der Waals surface area contributed by atoms with E-state index in [4.69, 9.17) is 14.3 Å². The van der Waals surface area contributed by atoms with E-state index in [-0.39, 0.29) is 40.8 Å². The Morgan fingerprint density at radius 2 is 1.22 bits per heavy atom. The van der Waals surface area contributed by atoms with Gasteiger partial charge in [-0.2, -0.15) is 5.06 Å². The van der Waals surface area contributed by atoms with Crippen molar-refractivity contribution in [3.63, 3.8) is 0 Å². The SMILES string of the molecule is CC1(C)CCC(OC(=O)CCCCCC(=O)OC2CCC(C)(C)N(Oc3ccccc3)C(C)(C)C2)CC(C)(C)N1O. The van der Waals surface area contributed by atoms with Gasteiger partial charge in [0.15, 0.2) is 0 Å². The number of carbonyl (C=O) groups excluding carboxylic acids is 2. The lowest BCUT2D eigenvalue weighted by Gasteiger charge is -2.45. The molecule has 3 rings (SSSR count). The zero-order chi connectivity index (χ0) is 30.5. The Hall–Kier alpha value is -2.16. The molecule has 2 heterocycles. The van der Waals surface area contributed by atoms with Crippen LogP contribution in [0.2, 0.25) is 0 Å². The number of para-hydroxylation sites is 1. The van der Waals surface area contributed by atoms with Gasteiger partial charge in [0.25, 0.3) is 0 Å². The van der Waals surface area contributed by atoms with Crippen LogP contribution >= 0.6 is 0 Å². The number of esters is 2. The van der Waals surface area contributed by atoms with Gasteiger partial charge in [-0.3, -0.25) is 9.59 Å². The largest absolute Gasteiger partial charge is 0.462 e. The first-order valence-electron chi connectivity index (χ1n) is 15.4. The summed E-state index contributed by atoms with van der Waals surface area (Å²) in [5, 5.41) is 14.1. The van der Waals surface area contributed by atoms with E-state index in [2.05, 4.69) is 32.8 Å². The van der Waals surface area contributed by atoms with Crippen LogP contribution in [0.25, 0.3) is 0 Å². The molecule has 0 bridgehead atoms. The normalized spacial score (nSPS) is 25.9. The van der Waals surface area contributed by atoms with Gasteiger partial charge in [0.2, 0.25) is 0 Å². The van der Waals surface area contributed by atoms with E-state index < -0.39 is 5.54 Å². The van der Waals surface area contributed by atoms with Crippen LogP contribution in [0.4, 0.5) is 0 Å². The summed E-state index contributed by atoms with van der Waals surface area (Å²) in [7, 11) is 0. The second kappa shape index (κ2) is 13.4. The van der Waals surface area contributed by atoms with Gasteiger partial charge in [0.05, 0.1) is 11.1 Å². The molecule has 1 aromatic rings. The Bertz CT molecular complexity index is 1010. The maximum absolute atomic E-state index is 12.7. The van der Waals surface area contributed by atoms with E-state index >= 15 is 0 Å². The van der Waals surface area contributed by atoms with Crippen molar-refractivity contribution in [2.75, 3.05) is 0 Å². The smallest absolute Gasteiger partial charge is 0.306 e. The topological polar surface area (TPSA) is 88.5 Å². The van der Waals surface area contributed by atoms with Crippen LogP contribution in [-0.2, 0) is 19.1 Å². The highest BCUT2D eigenvalue weighted by Gasteiger charge is 2.46. The predicted octanol–water partition coefficient (Wildman–Crippen LogP) is 7.23. The van der Waals surface area contributed by atoms with Crippen LogP contribution in [-0.4, -0.2) is 61.6 Å². The van der Waals surface area contributed by atoms with E-state index in [0.29, 0.717) is 38.5 Å². The monoisotopic (exact) mass is 574 g/mol. The minimum Gasteiger partial charge on any atom is -0.462 e. The number of nitrogens with zero attached hydrogens (tertiary/aromatic N) is 2. The summed E-state index contributed by atoms with van der Waals surface area (Å²) >= 11 is 0.